The zero-order chi connectivity index (χ0) is 14.3. The van der Waals surface area contributed by atoms with Crippen molar-refractivity contribution in [2.24, 2.45) is 0 Å². The summed E-state index contributed by atoms with van der Waals surface area (Å²) in [5, 5.41) is 2.13. The highest BCUT2D eigenvalue weighted by molar-refractivity contribution is 7.10. The molecule has 3 nitrogen and oxygen atoms in total. The second-order valence-electron chi connectivity index (χ2n) is 6.75. The second-order valence-corrected chi connectivity index (χ2v) is 7.73. The number of carbonyl (C=O) groups is 1. The average molecular weight is 304 g/mol. The Balaban J connectivity index is 1.57. The molecule has 1 aromatic rings. The van der Waals surface area contributed by atoms with Gasteiger partial charge in [-0.1, -0.05) is 18.9 Å². The Morgan fingerprint density at radius 1 is 1.14 bits per heavy atom. The molecule has 1 atom stereocenters. The van der Waals surface area contributed by atoms with Gasteiger partial charge in [-0.25, -0.2) is 0 Å². The lowest BCUT2D eigenvalue weighted by molar-refractivity contribution is -0.152. The standard InChI is InChI=1S/C17H24N2OS/c20-16(19-12-7-14(19)15-6-5-13-21-15)17(8-1-2-9-17)18-10-3-4-11-18/h5-6,13-14H,1-4,7-12H2. The zero-order valence-corrected chi connectivity index (χ0v) is 13.4. The third-order valence-electron chi connectivity index (χ3n) is 5.69. The van der Waals surface area contributed by atoms with Gasteiger partial charge >= 0.3 is 0 Å². The first-order valence-electron chi connectivity index (χ1n) is 8.41. The maximum atomic E-state index is 13.3. The molecule has 0 radical (unpaired) electrons. The van der Waals surface area contributed by atoms with Crippen LogP contribution in [0.15, 0.2) is 17.5 Å². The fraction of sp³-hybridized carbons (Fsp3) is 0.706. The first kappa shape index (κ1) is 13.8. The number of carbonyl (C=O) groups excluding carboxylic acids is 1. The Morgan fingerprint density at radius 3 is 2.48 bits per heavy atom. The molecular weight excluding hydrogens is 280 g/mol. The molecule has 1 amide bonds. The predicted octanol–water partition coefficient (Wildman–Crippen LogP) is 3.43. The van der Waals surface area contributed by atoms with Crippen LogP contribution in [-0.2, 0) is 4.79 Å². The van der Waals surface area contributed by atoms with E-state index in [1.807, 2.05) is 0 Å². The van der Waals surface area contributed by atoms with Crippen molar-refractivity contribution in [3.05, 3.63) is 22.4 Å². The van der Waals surface area contributed by atoms with Crippen molar-refractivity contribution in [1.82, 2.24) is 9.80 Å². The molecule has 4 heteroatoms. The van der Waals surface area contributed by atoms with Crippen molar-refractivity contribution >= 4 is 17.2 Å². The number of hydrogen-bond donors (Lipinski definition) is 0. The third kappa shape index (κ3) is 2.15. The Bertz CT molecular complexity index is 501. The van der Waals surface area contributed by atoms with Gasteiger partial charge < -0.3 is 4.90 Å². The summed E-state index contributed by atoms with van der Waals surface area (Å²) in [5.41, 5.74) is -0.146. The Kier molecular flexibility index (Phi) is 3.54. The molecule has 1 unspecified atom stereocenters. The summed E-state index contributed by atoms with van der Waals surface area (Å²) in [4.78, 5) is 19.4. The minimum absolute atomic E-state index is 0.146. The molecule has 21 heavy (non-hydrogen) atoms. The number of rotatable bonds is 3. The van der Waals surface area contributed by atoms with Crippen LogP contribution in [0.25, 0.3) is 0 Å². The van der Waals surface area contributed by atoms with Crippen LogP contribution >= 0.6 is 11.3 Å². The molecule has 0 N–H and O–H groups in total. The SMILES string of the molecule is O=C(N1CCC1c1cccs1)C1(N2CCCC2)CCCC1. The van der Waals surface area contributed by atoms with Crippen LogP contribution < -0.4 is 0 Å². The van der Waals surface area contributed by atoms with Crippen molar-refractivity contribution in [3.8, 4) is 0 Å². The first-order chi connectivity index (χ1) is 10.3. The lowest BCUT2D eigenvalue weighted by Crippen LogP contribution is -2.60. The van der Waals surface area contributed by atoms with Gasteiger partial charge in [0.25, 0.3) is 0 Å². The molecule has 4 rings (SSSR count). The Morgan fingerprint density at radius 2 is 1.90 bits per heavy atom. The van der Waals surface area contributed by atoms with E-state index in [0.717, 1.165) is 38.9 Å². The predicted molar refractivity (Wildman–Crippen MR) is 85.4 cm³/mol. The van der Waals surface area contributed by atoms with Gasteiger partial charge in [0.2, 0.25) is 5.91 Å². The minimum atomic E-state index is -0.146. The van der Waals surface area contributed by atoms with Gasteiger partial charge in [-0.05, 0) is 56.6 Å². The monoisotopic (exact) mass is 304 g/mol. The number of thiophene rings is 1. The highest BCUT2D eigenvalue weighted by Gasteiger charge is 2.51. The van der Waals surface area contributed by atoms with E-state index in [4.69, 9.17) is 0 Å². The van der Waals surface area contributed by atoms with Gasteiger partial charge in [-0.15, -0.1) is 11.3 Å². The molecule has 2 aliphatic heterocycles. The molecule has 3 heterocycles. The number of amides is 1. The lowest BCUT2D eigenvalue weighted by atomic mass is 9.89. The number of nitrogens with zero attached hydrogens (tertiary/aromatic N) is 2. The normalized spacial score (nSPS) is 28.8. The van der Waals surface area contributed by atoms with Crippen molar-refractivity contribution < 1.29 is 4.79 Å². The summed E-state index contributed by atoms with van der Waals surface area (Å²) in [5.74, 6) is 0.437. The van der Waals surface area contributed by atoms with E-state index in [-0.39, 0.29) is 5.54 Å². The van der Waals surface area contributed by atoms with Gasteiger partial charge in [0, 0.05) is 11.4 Å². The molecule has 1 aromatic heterocycles. The fourth-order valence-electron chi connectivity index (χ4n) is 4.44. The van der Waals surface area contributed by atoms with Gasteiger partial charge in [0.05, 0.1) is 6.04 Å². The summed E-state index contributed by atoms with van der Waals surface area (Å²) < 4.78 is 0. The van der Waals surface area contributed by atoms with E-state index in [1.165, 1.54) is 30.6 Å². The molecule has 2 saturated heterocycles. The fourth-order valence-corrected chi connectivity index (χ4v) is 5.32. The number of hydrogen-bond acceptors (Lipinski definition) is 3. The highest BCUT2D eigenvalue weighted by Crippen LogP contribution is 2.44. The summed E-state index contributed by atoms with van der Waals surface area (Å²) >= 11 is 1.79. The molecule has 114 valence electrons. The first-order valence-corrected chi connectivity index (χ1v) is 9.29. The topological polar surface area (TPSA) is 23.6 Å². The van der Waals surface area contributed by atoms with Crippen LogP contribution in [-0.4, -0.2) is 40.9 Å². The van der Waals surface area contributed by atoms with E-state index in [1.54, 1.807) is 11.3 Å². The minimum Gasteiger partial charge on any atom is -0.333 e. The van der Waals surface area contributed by atoms with Crippen LogP contribution in [0.5, 0.6) is 0 Å². The lowest BCUT2D eigenvalue weighted by Gasteiger charge is -2.48. The van der Waals surface area contributed by atoms with E-state index in [0.29, 0.717) is 11.9 Å². The molecule has 0 spiro atoms. The van der Waals surface area contributed by atoms with E-state index < -0.39 is 0 Å². The maximum absolute atomic E-state index is 13.3. The van der Waals surface area contributed by atoms with Crippen LogP contribution in [0.3, 0.4) is 0 Å². The van der Waals surface area contributed by atoms with E-state index in [2.05, 4.69) is 27.3 Å². The summed E-state index contributed by atoms with van der Waals surface area (Å²) in [6.07, 6.45) is 8.29. The molecule has 1 saturated carbocycles. The van der Waals surface area contributed by atoms with Gasteiger partial charge in [-0.2, -0.15) is 0 Å². The number of likely N-dealkylation sites (tertiary alicyclic amines) is 2. The molecule has 0 bridgehead atoms. The van der Waals surface area contributed by atoms with Crippen molar-refractivity contribution in [3.63, 3.8) is 0 Å². The summed E-state index contributed by atoms with van der Waals surface area (Å²) in [6.45, 7) is 3.21. The molecular formula is C17H24N2OS. The second kappa shape index (κ2) is 5.40. The average Bonchev–Trinajstić information content (AvgIpc) is 3.20. The van der Waals surface area contributed by atoms with E-state index in [9.17, 15) is 4.79 Å². The molecule has 3 fully saturated rings. The molecule has 0 aromatic carbocycles. The quantitative estimate of drug-likeness (QED) is 0.854. The largest absolute Gasteiger partial charge is 0.333 e. The van der Waals surface area contributed by atoms with Gasteiger partial charge in [0.15, 0.2) is 0 Å². The maximum Gasteiger partial charge on any atom is 0.243 e. The summed E-state index contributed by atoms with van der Waals surface area (Å²) in [7, 11) is 0. The zero-order valence-electron chi connectivity index (χ0n) is 12.6. The van der Waals surface area contributed by atoms with Crippen LogP contribution in [0.1, 0.15) is 55.9 Å². The molecule has 1 aliphatic carbocycles. The van der Waals surface area contributed by atoms with Crippen LogP contribution in [0.4, 0.5) is 0 Å². The smallest absolute Gasteiger partial charge is 0.243 e. The van der Waals surface area contributed by atoms with Crippen molar-refractivity contribution in [2.75, 3.05) is 19.6 Å². The van der Waals surface area contributed by atoms with Crippen LogP contribution in [0, 0.1) is 0 Å². The van der Waals surface area contributed by atoms with Gasteiger partial charge in [0.1, 0.15) is 5.54 Å². The molecule has 3 aliphatic rings. The summed E-state index contributed by atoms with van der Waals surface area (Å²) in [6, 6.07) is 4.65. The Hall–Kier alpha value is -0.870. The van der Waals surface area contributed by atoms with Crippen molar-refractivity contribution in [1.29, 1.82) is 0 Å². The Labute approximate surface area is 130 Å². The third-order valence-corrected chi connectivity index (χ3v) is 6.67. The van der Waals surface area contributed by atoms with E-state index >= 15 is 0 Å². The highest BCUT2D eigenvalue weighted by atomic mass is 32.1. The van der Waals surface area contributed by atoms with Crippen LogP contribution in [0.2, 0.25) is 0 Å². The van der Waals surface area contributed by atoms with Gasteiger partial charge in [-0.3, -0.25) is 9.69 Å². The van der Waals surface area contributed by atoms with Crippen molar-refractivity contribution in [2.45, 2.75) is 56.5 Å².